The van der Waals surface area contributed by atoms with Crippen LogP contribution in [-0.2, 0) is 76.7 Å². The molecule has 0 saturated carbocycles. The maximum Gasteiger partial charge on any atom is 0.308 e. The number of carbonyl (C=O) groups excluding carboxylic acids is 13. The zero-order valence-electron chi connectivity index (χ0n) is 53.3. The van der Waals surface area contributed by atoms with Crippen LogP contribution in [0.2, 0.25) is 0 Å². The number of carbonyl (C=O) groups is 16. The van der Waals surface area contributed by atoms with Crippen LogP contribution in [0.25, 0.3) is 0 Å². The van der Waals surface area contributed by atoms with Gasteiger partial charge < -0.3 is 89.8 Å². The van der Waals surface area contributed by atoms with Crippen molar-refractivity contribution in [1.29, 1.82) is 0 Å². The standard InChI is InChI=1S/C59H94N14O19/c1-30(2)19-14-12-10-8-9-11-13-15-22-41(75)65-35(25-40(61)74)52(84)71-49-34(7)64-53(85)39-21-18-24-73(39)57(89)46(31(3)4)69-56(88)48(33(6)60)68-43(77)29-63-50(82)36(26-44(78)79)66-42(76)28-62-51(83)37(27-45(80)81)67-55(87)47(32(5)59(91)92)70-54(86)38-20-16-17-23-72(38)58(49)90/h13,15,30-39,46-49H,8-12,14,16-29,60H2,1-7H3,(H2,61,74)(H,62,83)(H,63,82)(H,64,85)(H,65,75)(H,66,76)(H,67,87)(H,68,77)(H,69,88)(H,70,86)(H,71,84)(H,78,79)(H,80,81)(H,91,92)/b15-13+. The number of nitrogens with zero attached hydrogens (tertiary/aromatic N) is 2. The molecule has 0 aliphatic carbocycles. The molecule has 0 radical (unpaired) electrons. The molecule has 0 aromatic heterocycles. The number of allylic oxidation sites excluding steroid dienone is 1. The summed E-state index contributed by atoms with van der Waals surface area (Å²) in [5.41, 5.74) is 11.7. The second-order valence-corrected chi connectivity index (χ2v) is 24.3. The highest BCUT2D eigenvalue weighted by atomic mass is 16.4. The van der Waals surface area contributed by atoms with Crippen molar-refractivity contribution >= 4 is 94.7 Å². The van der Waals surface area contributed by atoms with E-state index in [4.69, 9.17) is 11.5 Å². The van der Waals surface area contributed by atoms with Gasteiger partial charge in [-0.25, -0.2) is 0 Å². The molecule has 17 N–H and O–H groups in total. The van der Waals surface area contributed by atoms with E-state index in [1.54, 1.807) is 19.9 Å². The molecule has 3 aliphatic heterocycles. The Kier molecular flexibility index (Phi) is 32.1. The average Bonchev–Trinajstić information content (AvgIpc) is 1.26. The second kappa shape index (κ2) is 38.2. The fourth-order valence-corrected chi connectivity index (χ4v) is 10.6. The van der Waals surface area contributed by atoms with Gasteiger partial charge in [0.15, 0.2) is 0 Å². The number of nitrogens with two attached hydrogens (primary N) is 2. The minimum absolute atomic E-state index is 0.0284. The number of nitrogens with one attached hydrogen (secondary N) is 10. The number of carboxylic acid groups (broad SMARTS) is 3. The highest BCUT2D eigenvalue weighted by Crippen LogP contribution is 2.24. The third kappa shape index (κ3) is 25.5. The molecule has 0 aromatic rings. The number of fused-ring (bicyclic) bond motifs is 2. The summed E-state index contributed by atoms with van der Waals surface area (Å²) in [6, 6.07) is -18.3. The van der Waals surface area contributed by atoms with Crippen LogP contribution in [0.3, 0.4) is 0 Å². The van der Waals surface area contributed by atoms with Gasteiger partial charge in [-0.05, 0) is 77.6 Å². The monoisotopic (exact) mass is 1300 g/mol. The van der Waals surface area contributed by atoms with E-state index in [2.05, 4.69) is 56.4 Å². The lowest BCUT2D eigenvalue weighted by Crippen LogP contribution is -2.66. The minimum Gasteiger partial charge on any atom is -0.481 e. The first kappa shape index (κ1) is 77.5. The summed E-state index contributed by atoms with van der Waals surface area (Å²) in [6.45, 7) is 8.81. The predicted molar refractivity (Wildman–Crippen MR) is 326 cm³/mol. The minimum atomic E-state index is -2.13. The predicted octanol–water partition coefficient (Wildman–Crippen LogP) is -3.62. The van der Waals surface area contributed by atoms with Gasteiger partial charge in [-0.1, -0.05) is 72.0 Å². The molecular formula is C59H94N14O19. The number of carboxylic acids is 3. The number of aliphatic carboxylic acids is 3. The Morgan fingerprint density at radius 2 is 1.12 bits per heavy atom. The van der Waals surface area contributed by atoms with E-state index < -0.39 is 205 Å². The lowest BCUT2D eigenvalue weighted by atomic mass is 9.96. The summed E-state index contributed by atoms with van der Waals surface area (Å²) < 4.78 is 0. The summed E-state index contributed by atoms with van der Waals surface area (Å²) >= 11 is 0. The molecule has 33 heteroatoms. The number of primary amides is 1. The Bertz CT molecular complexity index is 2720. The van der Waals surface area contributed by atoms with E-state index in [-0.39, 0.29) is 51.6 Å². The Labute approximate surface area is 533 Å². The molecular weight excluding hydrogens is 1210 g/mol. The van der Waals surface area contributed by atoms with E-state index in [1.807, 2.05) is 16.7 Å². The fourth-order valence-electron chi connectivity index (χ4n) is 10.6. The van der Waals surface area contributed by atoms with Crippen LogP contribution >= 0.6 is 0 Å². The van der Waals surface area contributed by atoms with Gasteiger partial charge in [0.1, 0.15) is 54.4 Å². The molecule has 514 valence electrons. The Hall–Kier alpha value is -8.78. The van der Waals surface area contributed by atoms with Crippen molar-refractivity contribution in [1.82, 2.24) is 63.0 Å². The fraction of sp³-hybridized carbons (Fsp3) is 0.695. The molecule has 3 aliphatic rings. The molecule has 12 atom stereocenters. The third-order valence-corrected chi connectivity index (χ3v) is 15.8. The van der Waals surface area contributed by atoms with E-state index in [0.29, 0.717) is 12.3 Å². The van der Waals surface area contributed by atoms with E-state index in [0.717, 1.165) is 50.3 Å². The van der Waals surface area contributed by atoms with Crippen molar-refractivity contribution in [3.63, 3.8) is 0 Å². The zero-order valence-corrected chi connectivity index (χ0v) is 53.3. The van der Waals surface area contributed by atoms with Crippen LogP contribution in [0.1, 0.15) is 151 Å². The molecule has 3 saturated heterocycles. The summed E-state index contributed by atoms with van der Waals surface area (Å²) in [7, 11) is 0. The van der Waals surface area contributed by atoms with E-state index in [9.17, 15) is 87.2 Å². The van der Waals surface area contributed by atoms with Crippen molar-refractivity contribution in [2.75, 3.05) is 26.2 Å². The van der Waals surface area contributed by atoms with Crippen LogP contribution in [-0.4, -0.2) is 212 Å². The van der Waals surface area contributed by atoms with Crippen molar-refractivity contribution in [3.05, 3.63) is 12.2 Å². The number of rotatable bonds is 23. The molecule has 33 nitrogen and oxygen atoms in total. The van der Waals surface area contributed by atoms with Gasteiger partial charge in [0.05, 0.1) is 44.3 Å². The average molecular weight is 1300 g/mol. The third-order valence-electron chi connectivity index (χ3n) is 15.8. The van der Waals surface area contributed by atoms with Crippen LogP contribution in [0, 0.1) is 17.8 Å². The SMILES string of the molecule is CC(C)CCCCCCC/C=C/CC(=O)NC(CC(N)=O)C(=O)NC1C(=O)N2CCCCC2C(=O)NC(C(C)C(=O)O)C(=O)NC(CC(=O)O)C(=O)NCC(=O)NC(CC(=O)O)C(=O)NCC(=O)NC(C(C)N)C(=O)NC(C(C)C)C(=O)N2CCCC2C(=O)NC1C. The molecule has 0 aromatic carbocycles. The van der Waals surface area contributed by atoms with Crippen LogP contribution in [0.4, 0.5) is 0 Å². The normalized spacial score (nSPS) is 25.2. The first-order valence-electron chi connectivity index (χ1n) is 31.2. The number of hydrogen-bond acceptors (Lipinski definition) is 17. The van der Waals surface area contributed by atoms with E-state index >= 15 is 4.79 Å². The summed E-state index contributed by atoms with van der Waals surface area (Å²) in [5.74, 6) is -21.1. The molecule has 0 spiro atoms. The molecule has 13 amide bonds. The smallest absolute Gasteiger partial charge is 0.308 e. The van der Waals surface area contributed by atoms with Gasteiger partial charge in [-0.2, -0.15) is 0 Å². The van der Waals surface area contributed by atoms with Gasteiger partial charge >= 0.3 is 17.9 Å². The van der Waals surface area contributed by atoms with Gasteiger partial charge in [-0.3, -0.25) is 76.7 Å². The maximum atomic E-state index is 15.2. The molecule has 3 fully saturated rings. The van der Waals surface area contributed by atoms with Crippen LogP contribution in [0.5, 0.6) is 0 Å². The Balaban J connectivity index is 2.16. The number of piperidine rings is 1. The van der Waals surface area contributed by atoms with Crippen LogP contribution in [0.15, 0.2) is 12.2 Å². The highest BCUT2D eigenvalue weighted by molar-refractivity contribution is 6.01. The number of hydrogen-bond donors (Lipinski definition) is 15. The quantitative estimate of drug-likeness (QED) is 0.0347. The maximum absolute atomic E-state index is 15.2. The molecule has 92 heavy (non-hydrogen) atoms. The topological polar surface area (TPSA) is 513 Å². The van der Waals surface area contributed by atoms with Gasteiger partial charge in [-0.15, -0.1) is 0 Å². The lowest BCUT2D eigenvalue weighted by molar-refractivity contribution is -0.149. The van der Waals surface area contributed by atoms with Gasteiger partial charge in [0, 0.05) is 25.6 Å². The van der Waals surface area contributed by atoms with Crippen LogP contribution < -0.4 is 64.6 Å². The molecule has 12 unspecified atom stereocenters. The first-order valence-corrected chi connectivity index (χ1v) is 31.2. The number of amides is 13. The van der Waals surface area contributed by atoms with Crippen molar-refractivity contribution in [2.45, 2.75) is 218 Å². The Morgan fingerprint density at radius 3 is 1.68 bits per heavy atom. The van der Waals surface area contributed by atoms with Crippen molar-refractivity contribution in [2.24, 2.45) is 29.2 Å². The van der Waals surface area contributed by atoms with Crippen molar-refractivity contribution < 1.29 is 92.0 Å². The molecule has 3 heterocycles. The Morgan fingerprint density at radius 1 is 0.598 bits per heavy atom. The largest absolute Gasteiger partial charge is 0.481 e. The highest BCUT2D eigenvalue weighted by Gasteiger charge is 2.45. The van der Waals surface area contributed by atoms with Crippen molar-refractivity contribution in [3.8, 4) is 0 Å². The van der Waals surface area contributed by atoms with Gasteiger partial charge in [0.2, 0.25) is 76.8 Å². The summed E-state index contributed by atoms with van der Waals surface area (Å²) in [4.78, 5) is 219. The zero-order chi connectivity index (χ0) is 69.1. The number of unbranched alkanes of at least 4 members (excludes halogenated alkanes) is 5. The summed E-state index contributed by atoms with van der Waals surface area (Å²) in [6.07, 6.45) is 7.71. The second-order valence-electron chi connectivity index (χ2n) is 24.3. The first-order chi connectivity index (χ1) is 43.2. The molecule has 3 rings (SSSR count). The summed E-state index contributed by atoms with van der Waals surface area (Å²) in [5, 5.41) is 52.6. The van der Waals surface area contributed by atoms with E-state index in [1.165, 1.54) is 18.7 Å². The lowest BCUT2D eigenvalue weighted by Gasteiger charge is -2.39. The molecule has 0 bridgehead atoms. The van der Waals surface area contributed by atoms with Gasteiger partial charge in [0.25, 0.3) is 0 Å².